The van der Waals surface area contributed by atoms with E-state index in [2.05, 4.69) is 32.2 Å². The van der Waals surface area contributed by atoms with Gasteiger partial charge in [0.1, 0.15) is 11.5 Å². The highest BCUT2D eigenvalue weighted by atomic mass is 32.1. The monoisotopic (exact) mass is 540 g/mol. The van der Waals surface area contributed by atoms with E-state index in [4.69, 9.17) is 0 Å². The Balaban J connectivity index is 1.24. The van der Waals surface area contributed by atoms with E-state index >= 15 is 0 Å². The van der Waals surface area contributed by atoms with E-state index in [1.54, 1.807) is 23.0 Å². The van der Waals surface area contributed by atoms with Crippen molar-refractivity contribution in [1.82, 2.24) is 14.8 Å². The summed E-state index contributed by atoms with van der Waals surface area (Å²) in [6.45, 7) is 1.99. The number of nitrogens with zero attached hydrogens (tertiary/aromatic N) is 3. The van der Waals surface area contributed by atoms with E-state index < -0.39 is 0 Å². The third kappa shape index (κ3) is 5.59. The van der Waals surface area contributed by atoms with E-state index in [1.807, 2.05) is 49.5 Å². The van der Waals surface area contributed by atoms with Gasteiger partial charge in [-0.05, 0) is 92.5 Å². The predicted octanol–water partition coefficient (Wildman–Crippen LogP) is 6.05. The number of amides is 1. The van der Waals surface area contributed by atoms with Crippen LogP contribution in [-0.2, 0) is 19.9 Å². The number of pyridine rings is 1. The summed E-state index contributed by atoms with van der Waals surface area (Å²) in [6.07, 6.45) is 9.90. The molecule has 4 aromatic rings. The van der Waals surface area contributed by atoms with E-state index in [0.29, 0.717) is 17.5 Å². The smallest absolute Gasteiger partial charge is 0.274 e. The molecule has 1 fully saturated rings. The third-order valence-corrected chi connectivity index (χ3v) is 8.64. The van der Waals surface area contributed by atoms with E-state index in [0.717, 1.165) is 58.8 Å². The van der Waals surface area contributed by atoms with Gasteiger partial charge in [-0.2, -0.15) is 0 Å². The van der Waals surface area contributed by atoms with Crippen molar-refractivity contribution in [3.8, 4) is 11.1 Å². The van der Waals surface area contributed by atoms with Gasteiger partial charge in [0.25, 0.3) is 11.5 Å². The van der Waals surface area contributed by atoms with Crippen LogP contribution in [0.1, 0.15) is 57.8 Å². The largest absolute Gasteiger partial charge is 0.366 e. The van der Waals surface area contributed by atoms with E-state index in [9.17, 15) is 9.59 Å². The number of benzene rings is 1. The molecule has 3 heterocycles. The summed E-state index contributed by atoms with van der Waals surface area (Å²) in [4.78, 5) is 28.2. The fraction of sp³-hybridized carbons (Fsp3) is 0.333. The summed E-state index contributed by atoms with van der Waals surface area (Å²) in [5, 5.41) is 18.0. The molecule has 0 aliphatic heterocycles. The minimum atomic E-state index is -0.166. The fourth-order valence-electron chi connectivity index (χ4n) is 5.05. The minimum Gasteiger partial charge on any atom is -0.366 e. The molecule has 2 aliphatic rings. The van der Waals surface area contributed by atoms with Crippen LogP contribution in [0.4, 0.5) is 23.0 Å². The zero-order valence-corrected chi connectivity index (χ0v) is 23.0. The van der Waals surface area contributed by atoms with Crippen molar-refractivity contribution in [3.63, 3.8) is 0 Å². The highest BCUT2D eigenvalue weighted by Crippen LogP contribution is 2.32. The van der Waals surface area contributed by atoms with Crippen molar-refractivity contribution in [2.24, 2.45) is 7.05 Å². The Bertz CT molecular complexity index is 1560. The fourth-order valence-corrected chi connectivity index (χ4v) is 6.20. The molecule has 8 nitrogen and oxygen atoms in total. The number of aryl methyl sites for hydroxylation is 3. The van der Waals surface area contributed by atoms with Crippen LogP contribution in [0.5, 0.6) is 0 Å². The number of rotatable bonds is 7. The first kappa shape index (κ1) is 25.3. The molecule has 1 aromatic carbocycles. The number of fused-ring (bicyclic) bond motifs is 1. The van der Waals surface area contributed by atoms with Crippen LogP contribution in [0.3, 0.4) is 0 Å². The Labute approximate surface area is 231 Å². The second-order valence-electron chi connectivity index (χ2n) is 10.5. The first-order valence-corrected chi connectivity index (χ1v) is 14.4. The van der Waals surface area contributed by atoms with Crippen LogP contribution in [-0.4, -0.2) is 26.7 Å². The van der Waals surface area contributed by atoms with Gasteiger partial charge in [0.15, 0.2) is 5.82 Å². The first-order valence-electron chi connectivity index (χ1n) is 13.6. The maximum atomic E-state index is 13.2. The Morgan fingerprint density at radius 3 is 2.59 bits per heavy atom. The van der Waals surface area contributed by atoms with Gasteiger partial charge in [0.2, 0.25) is 0 Å². The zero-order valence-electron chi connectivity index (χ0n) is 22.2. The van der Waals surface area contributed by atoms with Crippen molar-refractivity contribution < 1.29 is 4.79 Å². The Morgan fingerprint density at radius 2 is 1.79 bits per heavy atom. The second kappa shape index (κ2) is 10.6. The summed E-state index contributed by atoms with van der Waals surface area (Å²) >= 11 is 1.62. The van der Waals surface area contributed by atoms with E-state index in [-0.39, 0.29) is 11.5 Å². The molecule has 1 amide bonds. The summed E-state index contributed by atoms with van der Waals surface area (Å²) in [5.41, 5.74) is 5.05. The molecule has 3 aromatic heterocycles. The van der Waals surface area contributed by atoms with Gasteiger partial charge in [-0.15, -0.1) is 21.5 Å². The lowest BCUT2D eigenvalue weighted by molar-refractivity contribution is 0.103. The van der Waals surface area contributed by atoms with Crippen LogP contribution < -0.4 is 21.5 Å². The van der Waals surface area contributed by atoms with E-state index in [1.165, 1.54) is 29.7 Å². The summed E-state index contributed by atoms with van der Waals surface area (Å²) in [6, 6.07) is 13.9. The SMILES string of the molecule is Cc1c(NC(=O)c2cc3c(s2)CCCCC3)cccc1-c1cc(Nc2ccc(NC3CC3)nn2)c(=O)n(C)c1. The normalized spacial score (nSPS) is 14.8. The number of thiophene rings is 1. The van der Waals surface area contributed by atoms with Crippen LogP contribution in [0.15, 0.2) is 53.5 Å². The molecular formula is C30H32N6O2S. The predicted molar refractivity (Wildman–Crippen MR) is 157 cm³/mol. The highest BCUT2D eigenvalue weighted by Gasteiger charge is 2.21. The summed E-state index contributed by atoms with van der Waals surface area (Å²) in [7, 11) is 1.73. The summed E-state index contributed by atoms with van der Waals surface area (Å²) < 4.78 is 1.55. The van der Waals surface area contributed by atoms with Crippen LogP contribution in [0.25, 0.3) is 11.1 Å². The molecule has 200 valence electrons. The lowest BCUT2D eigenvalue weighted by atomic mass is 10.00. The Morgan fingerprint density at radius 1 is 1.00 bits per heavy atom. The van der Waals surface area contributed by atoms with Gasteiger partial charge in [0, 0.05) is 35.4 Å². The average Bonchev–Trinajstić information content (AvgIpc) is 3.70. The Hall–Kier alpha value is -3.98. The molecule has 9 heteroatoms. The number of aromatic nitrogens is 3. The quantitative estimate of drug-likeness (QED) is 0.247. The maximum Gasteiger partial charge on any atom is 0.274 e. The molecule has 0 atom stereocenters. The number of hydrogen-bond acceptors (Lipinski definition) is 7. The van der Waals surface area contributed by atoms with Gasteiger partial charge in [-0.25, -0.2) is 0 Å². The Kier molecular flexibility index (Phi) is 6.91. The molecule has 0 unspecified atom stereocenters. The van der Waals surface area contributed by atoms with Crippen LogP contribution >= 0.6 is 11.3 Å². The van der Waals surface area contributed by atoms with Gasteiger partial charge in [-0.1, -0.05) is 18.6 Å². The molecule has 39 heavy (non-hydrogen) atoms. The number of anilines is 4. The van der Waals surface area contributed by atoms with Crippen LogP contribution in [0.2, 0.25) is 0 Å². The van der Waals surface area contributed by atoms with Crippen molar-refractivity contribution >= 4 is 40.3 Å². The third-order valence-electron chi connectivity index (χ3n) is 7.40. The maximum absolute atomic E-state index is 13.2. The van der Waals surface area contributed by atoms with Crippen molar-refractivity contribution in [1.29, 1.82) is 0 Å². The van der Waals surface area contributed by atoms with Gasteiger partial charge >= 0.3 is 0 Å². The molecule has 1 saturated carbocycles. The average molecular weight is 541 g/mol. The highest BCUT2D eigenvalue weighted by molar-refractivity contribution is 7.14. The molecule has 0 saturated heterocycles. The van der Waals surface area contributed by atoms with Gasteiger partial charge in [-0.3, -0.25) is 9.59 Å². The molecule has 0 bridgehead atoms. The standard InChI is InChI=1S/C30H32N6O2S/c1-18-22(8-6-9-23(18)33-29(37)26-16-19-7-4-3-5-10-25(19)39-26)20-15-24(30(38)36(2)17-20)32-28-14-13-27(34-35-28)31-21-11-12-21/h6,8-9,13-17,21H,3-5,7,10-12H2,1-2H3,(H,31,34)(H,32,35)(H,33,37). The number of hydrogen-bond donors (Lipinski definition) is 3. The van der Waals surface area contributed by atoms with Gasteiger partial charge < -0.3 is 20.5 Å². The van der Waals surface area contributed by atoms with Crippen molar-refractivity contribution in [2.75, 3.05) is 16.0 Å². The van der Waals surface area contributed by atoms with Gasteiger partial charge in [0.05, 0.1) is 4.88 Å². The molecule has 6 rings (SSSR count). The van der Waals surface area contributed by atoms with Crippen LogP contribution in [0, 0.1) is 6.92 Å². The minimum absolute atomic E-state index is 0.0747. The molecule has 0 radical (unpaired) electrons. The zero-order chi connectivity index (χ0) is 26.9. The van der Waals surface area contributed by atoms with Crippen molar-refractivity contribution in [3.05, 3.63) is 79.9 Å². The topological polar surface area (TPSA) is 101 Å². The van der Waals surface area contributed by atoms with Crippen molar-refractivity contribution in [2.45, 2.75) is 57.9 Å². The summed E-state index contributed by atoms with van der Waals surface area (Å²) in [5.74, 6) is 1.16. The lowest BCUT2D eigenvalue weighted by Gasteiger charge is -2.15. The first-order chi connectivity index (χ1) is 18.9. The lowest BCUT2D eigenvalue weighted by Crippen LogP contribution is -2.20. The number of carbonyl (C=O) groups is 1. The molecule has 2 aliphatic carbocycles. The molecule has 3 N–H and O–H groups in total. The molecule has 0 spiro atoms. The molecular weight excluding hydrogens is 508 g/mol. The number of nitrogens with one attached hydrogen (secondary N) is 3. The second-order valence-corrected chi connectivity index (χ2v) is 11.6. The number of carbonyl (C=O) groups excluding carboxylic acids is 1.